The Morgan fingerprint density at radius 1 is 1.04 bits per heavy atom. The van der Waals surface area contributed by atoms with E-state index in [9.17, 15) is 24.3 Å². The molecule has 0 unspecified atom stereocenters. The summed E-state index contributed by atoms with van der Waals surface area (Å²) in [5.41, 5.74) is 0.489. The van der Waals surface area contributed by atoms with Crippen LogP contribution in [0.1, 0.15) is 79.2 Å². The van der Waals surface area contributed by atoms with E-state index in [-0.39, 0.29) is 54.7 Å². The molecule has 47 heavy (non-hydrogen) atoms. The van der Waals surface area contributed by atoms with Crippen molar-refractivity contribution in [1.82, 2.24) is 31.5 Å². The van der Waals surface area contributed by atoms with Crippen molar-refractivity contribution in [3.63, 3.8) is 0 Å². The molecule has 262 valence electrons. The van der Waals surface area contributed by atoms with Crippen molar-refractivity contribution in [3.05, 3.63) is 35.9 Å². The average molecular weight is 673 g/mol. The van der Waals surface area contributed by atoms with E-state index < -0.39 is 28.3 Å². The Bertz CT molecular complexity index is 1240. The molecule has 3 fully saturated rings. The summed E-state index contributed by atoms with van der Waals surface area (Å²) < 4.78 is -0.604. The van der Waals surface area contributed by atoms with E-state index in [1.807, 2.05) is 71.9 Å². The fourth-order valence-corrected chi connectivity index (χ4v) is 8.70. The van der Waals surface area contributed by atoms with Gasteiger partial charge in [-0.25, -0.2) is 0 Å². The van der Waals surface area contributed by atoms with Gasteiger partial charge in [0.1, 0.15) is 12.1 Å². The summed E-state index contributed by atoms with van der Waals surface area (Å²) in [4.78, 5) is 55.1. The van der Waals surface area contributed by atoms with Crippen LogP contribution in [-0.2, 0) is 25.6 Å². The van der Waals surface area contributed by atoms with Gasteiger partial charge < -0.3 is 26.4 Å². The van der Waals surface area contributed by atoms with E-state index in [0.717, 1.165) is 31.4 Å². The maximum Gasteiger partial charge on any atom is 0.245 e. The SMILES string of the molecule is CCNC(=O)[C@@H](NC(=O)Cc1ccccc1)[C@@H]1N[C@@H](C(=O)NC[C@H](O)CN2C[C@H]3CCCC[C@H]3C[C@H]2C(=O)NC(C)(C)C)C(C)(C)S1. The van der Waals surface area contributed by atoms with Crippen molar-refractivity contribution >= 4 is 35.4 Å². The average Bonchev–Trinajstić information content (AvgIpc) is 3.32. The maximum absolute atomic E-state index is 13.5. The number of likely N-dealkylation sites (N-methyl/N-ethyl adjacent to an activating group) is 1. The number of benzene rings is 1. The highest BCUT2D eigenvalue weighted by atomic mass is 32.2. The minimum Gasteiger partial charge on any atom is -0.390 e. The van der Waals surface area contributed by atoms with Crippen LogP contribution in [0.25, 0.3) is 0 Å². The molecule has 0 radical (unpaired) electrons. The van der Waals surface area contributed by atoms with Crippen LogP contribution in [0.2, 0.25) is 0 Å². The van der Waals surface area contributed by atoms with Crippen LogP contribution in [0.3, 0.4) is 0 Å². The number of β-amino-alcohol motifs (C(OH)–C–C–N with tert-alkyl or cyclic N) is 1. The van der Waals surface area contributed by atoms with E-state index in [4.69, 9.17) is 0 Å². The minimum atomic E-state index is -0.891. The van der Waals surface area contributed by atoms with Crippen LogP contribution >= 0.6 is 11.8 Å². The number of aliphatic hydroxyl groups excluding tert-OH is 1. The topological polar surface area (TPSA) is 152 Å². The summed E-state index contributed by atoms with van der Waals surface area (Å²) in [6.45, 7) is 13.1. The lowest BCUT2D eigenvalue weighted by atomic mass is 9.72. The van der Waals surface area contributed by atoms with Crippen molar-refractivity contribution in [2.45, 2.75) is 120 Å². The van der Waals surface area contributed by atoms with Gasteiger partial charge in [-0.1, -0.05) is 49.6 Å². The molecule has 3 aliphatic rings. The van der Waals surface area contributed by atoms with Crippen LogP contribution in [0.15, 0.2) is 30.3 Å². The van der Waals surface area contributed by atoms with Gasteiger partial charge in [-0.3, -0.25) is 29.4 Å². The van der Waals surface area contributed by atoms with Crippen LogP contribution in [0.4, 0.5) is 0 Å². The fraction of sp³-hybridized carbons (Fsp3) is 0.714. The first-order valence-electron chi connectivity index (χ1n) is 17.2. The van der Waals surface area contributed by atoms with Crippen molar-refractivity contribution in [1.29, 1.82) is 0 Å². The third-order valence-corrected chi connectivity index (χ3v) is 10.9. The summed E-state index contributed by atoms with van der Waals surface area (Å²) in [6.07, 6.45) is 4.77. The van der Waals surface area contributed by atoms with Gasteiger partial charge in [0, 0.05) is 36.5 Å². The molecule has 2 heterocycles. The Morgan fingerprint density at radius 2 is 1.72 bits per heavy atom. The van der Waals surface area contributed by atoms with E-state index in [1.54, 1.807) is 0 Å². The second-order valence-corrected chi connectivity index (χ2v) is 16.8. The lowest BCUT2D eigenvalue weighted by Crippen LogP contribution is -2.60. The fourth-order valence-electron chi connectivity index (χ4n) is 7.20. The van der Waals surface area contributed by atoms with Crippen molar-refractivity contribution in [2.75, 3.05) is 26.2 Å². The zero-order valence-electron chi connectivity index (χ0n) is 28.9. The molecule has 6 N–H and O–H groups in total. The van der Waals surface area contributed by atoms with Crippen LogP contribution in [0.5, 0.6) is 0 Å². The van der Waals surface area contributed by atoms with E-state index in [0.29, 0.717) is 18.4 Å². The summed E-state index contributed by atoms with van der Waals surface area (Å²) in [6, 6.07) is 7.46. The number of carbonyl (C=O) groups excluding carboxylic acids is 4. The number of rotatable bonds is 12. The molecular formula is C35H56N6O5S. The predicted octanol–water partition coefficient (Wildman–Crippen LogP) is 1.93. The molecule has 0 spiro atoms. The number of aliphatic hydroxyl groups is 1. The molecule has 1 aliphatic carbocycles. The Kier molecular flexibility index (Phi) is 12.8. The van der Waals surface area contributed by atoms with Gasteiger partial charge in [-0.2, -0.15) is 0 Å². The number of nitrogens with one attached hydrogen (secondary N) is 5. The van der Waals surface area contributed by atoms with E-state index >= 15 is 0 Å². The molecule has 0 aromatic heterocycles. The monoisotopic (exact) mass is 672 g/mol. The lowest BCUT2D eigenvalue weighted by molar-refractivity contribution is -0.133. The normalized spacial score (nSPS) is 27.2. The highest BCUT2D eigenvalue weighted by Crippen LogP contribution is 2.40. The number of likely N-dealkylation sites (tertiary alicyclic amines) is 1. The standard InChI is InChI=1S/C35H56N6O5S/c1-7-36-31(45)28(38-27(43)17-22-13-9-8-10-14-22)33-39-29(35(5,6)47-33)32(46)37-19-25(42)21-41-20-24-16-12-11-15-23(24)18-26(41)30(44)40-34(2,3)4/h8-10,13-14,23-26,28-29,33,39,42H,7,11-12,15-21H2,1-6H3,(H,36,45)(H,37,46)(H,38,43)(H,40,44)/t23-,24+,25-,26-,28+,29-,33+/m0/s1. The first kappa shape index (κ1) is 37.2. The Balaban J connectivity index is 1.36. The molecule has 12 heteroatoms. The Hall–Kier alpha value is -2.67. The first-order valence-corrected chi connectivity index (χ1v) is 18.1. The van der Waals surface area contributed by atoms with Gasteiger partial charge >= 0.3 is 0 Å². The van der Waals surface area contributed by atoms with Gasteiger partial charge in [0.15, 0.2) is 0 Å². The number of hydrogen-bond donors (Lipinski definition) is 6. The van der Waals surface area contributed by atoms with Crippen LogP contribution < -0.4 is 26.6 Å². The third kappa shape index (κ3) is 10.4. The molecule has 11 nitrogen and oxygen atoms in total. The number of fused-ring (bicyclic) bond motifs is 1. The number of piperidine rings is 1. The van der Waals surface area contributed by atoms with Gasteiger partial charge in [0.05, 0.1) is 23.9 Å². The van der Waals surface area contributed by atoms with Crippen LogP contribution in [0, 0.1) is 11.8 Å². The molecule has 1 aromatic rings. The molecule has 2 aliphatic heterocycles. The van der Waals surface area contributed by atoms with Crippen molar-refractivity contribution in [3.8, 4) is 0 Å². The van der Waals surface area contributed by atoms with Gasteiger partial charge in [0.2, 0.25) is 23.6 Å². The number of nitrogens with zero attached hydrogens (tertiary/aromatic N) is 1. The Morgan fingerprint density at radius 3 is 2.38 bits per heavy atom. The van der Waals surface area contributed by atoms with Crippen molar-refractivity contribution < 1.29 is 24.3 Å². The van der Waals surface area contributed by atoms with E-state index in [2.05, 4.69) is 31.5 Å². The van der Waals surface area contributed by atoms with Gasteiger partial charge in [-0.15, -0.1) is 11.8 Å². The third-order valence-electron chi connectivity index (χ3n) is 9.44. The molecule has 2 saturated heterocycles. The number of hydrogen-bond acceptors (Lipinski definition) is 8. The molecule has 1 saturated carbocycles. The first-order chi connectivity index (χ1) is 22.2. The zero-order valence-corrected chi connectivity index (χ0v) is 29.8. The highest BCUT2D eigenvalue weighted by molar-refractivity contribution is 8.01. The second kappa shape index (κ2) is 16.2. The summed E-state index contributed by atoms with van der Waals surface area (Å²) >= 11 is 1.43. The number of amides is 4. The maximum atomic E-state index is 13.5. The molecule has 1 aromatic carbocycles. The number of thioether (sulfide) groups is 1. The largest absolute Gasteiger partial charge is 0.390 e. The lowest BCUT2D eigenvalue weighted by Gasteiger charge is -2.46. The molecule has 7 atom stereocenters. The van der Waals surface area contributed by atoms with E-state index in [1.165, 1.54) is 24.6 Å². The van der Waals surface area contributed by atoms with Gasteiger partial charge in [-0.05, 0) is 71.8 Å². The van der Waals surface area contributed by atoms with Gasteiger partial charge in [0.25, 0.3) is 0 Å². The summed E-state index contributed by atoms with van der Waals surface area (Å²) in [7, 11) is 0. The minimum absolute atomic E-state index is 0.00439. The Labute approximate surface area is 284 Å². The molecule has 4 rings (SSSR count). The molecular weight excluding hydrogens is 616 g/mol. The second-order valence-electron chi connectivity index (χ2n) is 15.0. The van der Waals surface area contributed by atoms with Crippen molar-refractivity contribution in [2.24, 2.45) is 11.8 Å². The number of carbonyl (C=O) groups is 4. The smallest absolute Gasteiger partial charge is 0.245 e. The zero-order chi connectivity index (χ0) is 34.4. The molecule has 4 amide bonds. The van der Waals surface area contributed by atoms with Crippen LogP contribution in [-0.4, -0.2) is 99.7 Å². The highest BCUT2D eigenvalue weighted by Gasteiger charge is 2.49. The quantitative estimate of drug-likeness (QED) is 0.197. The predicted molar refractivity (Wildman–Crippen MR) is 185 cm³/mol. The summed E-state index contributed by atoms with van der Waals surface area (Å²) in [5.74, 6) is 0.152. The summed E-state index contributed by atoms with van der Waals surface area (Å²) in [5, 5.41) is 25.6. The molecule has 0 bridgehead atoms.